The first kappa shape index (κ1) is 16.5. The summed E-state index contributed by atoms with van der Waals surface area (Å²) in [4.78, 5) is 0. The van der Waals surface area contributed by atoms with Gasteiger partial charge in [0.05, 0.1) is 5.02 Å². The molecule has 0 amide bonds. The molecule has 1 unspecified atom stereocenters. The van der Waals surface area contributed by atoms with Gasteiger partial charge in [-0.05, 0) is 48.9 Å². The van der Waals surface area contributed by atoms with Crippen LogP contribution in [0.3, 0.4) is 0 Å². The van der Waals surface area contributed by atoms with Gasteiger partial charge in [-0.25, -0.2) is 4.39 Å². The Morgan fingerprint density at radius 3 is 2.53 bits per heavy atom. The molecule has 3 heteroatoms. The summed E-state index contributed by atoms with van der Waals surface area (Å²) in [6.07, 6.45) is 3.14. The van der Waals surface area contributed by atoms with E-state index in [1.165, 1.54) is 6.07 Å². The first-order valence-corrected chi connectivity index (χ1v) is 7.39. The normalized spacial score (nSPS) is 13.6. The van der Waals surface area contributed by atoms with E-state index in [0.29, 0.717) is 6.04 Å². The van der Waals surface area contributed by atoms with Crippen molar-refractivity contribution in [2.75, 3.05) is 6.54 Å². The Kier molecular flexibility index (Phi) is 6.28. The molecule has 0 aliphatic carbocycles. The van der Waals surface area contributed by atoms with E-state index in [1.54, 1.807) is 6.07 Å². The van der Waals surface area contributed by atoms with E-state index >= 15 is 0 Å². The fourth-order valence-electron chi connectivity index (χ4n) is 2.29. The highest BCUT2D eigenvalue weighted by molar-refractivity contribution is 6.30. The van der Waals surface area contributed by atoms with Crippen molar-refractivity contribution < 1.29 is 4.39 Å². The van der Waals surface area contributed by atoms with Gasteiger partial charge in [-0.2, -0.15) is 0 Å². The molecule has 0 bridgehead atoms. The molecule has 0 saturated carbocycles. The highest BCUT2D eigenvalue weighted by atomic mass is 35.5. The van der Waals surface area contributed by atoms with E-state index in [0.717, 1.165) is 31.4 Å². The van der Waals surface area contributed by atoms with Crippen LogP contribution in [0.1, 0.15) is 46.1 Å². The Bertz CT molecular complexity index is 398. The van der Waals surface area contributed by atoms with Gasteiger partial charge in [0.15, 0.2) is 0 Å². The number of halogens is 2. The number of hydrogen-bond donors (Lipinski definition) is 1. The van der Waals surface area contributed by atoms with Gasteiger partial charge in [0.2, 0.25) is 0 Å². The highest BCUT2D eigenvalue weighted by Gasteiger charge is 2.22. The van der Waals surface area contributed by atoms with Gasteiger partial charge in [-0.1, -0.05) is 45.4 Å². The maximum absolute atomic E-state index is 13.1. The van der Waals surface area contributed by atoms with Gasteiger partial charge in [0.1, 0.15) is 5.82 Å². The van der Waals surface area contributed by atoms with Crippen LogP contribution in [0.2, 0.25) is 5.02 Å². The quantitative estimate of drug-likeness (QED) is 0.790. The van der Waals surface area contributed by atoms with E-state index in [-0.39, 0.29) is 16.3 Å². The highest BCUT2D eigenvalue weighted by Crippen LogP contribution is 2.24. The summed E-state index contributed by atoms with van der Waals surface area (Å²) in [5, 5.41) is 3.76. The van der Waals surface area contributed by atoms with Crippen LogP contribution in [0.25, 0.3) is 0 Å². The summed E-state index contributed by atoms with van der Waals surface area (Å²) >= 11 is 5.79. The second-order valence-corrected chi connectivity index (χ2v) is 6.52. The molecule has 1 aromatic carbocycles. The molecule has 0 saturated heterocycles. The third-order valence-corrected chi connectivity index (χ3v) is 3.73. The fraction of sp³-hybridized carbons (Fsp3) is 0.625. The van der Waals surface area contributed by atoms with Crippen LogP contribution in [-0.2, 0) is 6.42 Å². The van der Waals surface area contributed by atoms with Crippen molar-refractivity contribution in [2.45, 2.75) is 53.0 Å². The number of hydrogen-bond acceptors (Lipinski definition) is 1. The SMILES string of the molecule is CCNC(CCCc1ccc(F)c(Cl)c1)C(C)(C)C. The van der Waals surface area contributed by atoms with Gasteiger partial charge < -0.3 is 5.32 Å². The molecule has 0 heterocycles. The van der Waals surface area contributed by atoms with Crippen molar-refractivity contribution in [3.63, 3.8) is 0 Å². The molecular weight excluding hydrogens is 261 g/mol. The van der Waals surface area contributed by atoms with Gasteiger partial charge in [0, 0.05) is 6.04 Å². The summed E-state index contributed by atoms with van der Waals surface area (Å²) in [6.45, 7) is 9.90. The Morgan fingerprint density at radius 2 is 2.00 bits per heavy atom. The lowest BCUT2D eigenvalue weighted by Crippen LogP contribution is -2.40. The number of benzene rings is 1. The summed E-state index contributed by atoms with van der Waals surface area (Å²) < 4.78 is 13.1. The van der Waals surface area contributed by atoms with Crippen LogP contribution in [0.5, 0.6) is 0 Å². The third kappa shape index (κ3) is 5.50. The predicted octanol–water partition coefficient (Wildman–Crippen LogP) is 4.83. The topological polar surface area (TPSA) is 12.0 Å². The lowest BCUT2D eigenvalue weighted by atomic mass is 9.83. The third-order valence-electron chi connectivity index (χ3n) is 3.44. The lowest BCUT2D eigenvalue weighted by molar-refractivity contribution is 0.254. The van der Waals surface area contributed by atoms with Crippen LogP contribution < -0.4 is 5.32 Å². The number of rotatable bonds is 6. The van der Waals surface area contributed by atoms with Gasteiger partial charge >= 0.3 is 0 Å². The van der Waals surface area contributed by atoms with Crippen LogP contribution in [-0.4, -0.2) is 12.6 Å². The molecule has 0 aromatic heterocycles. The van der Waals surface area contributed by atoms with E-state index in [1.807, 2.05) is 6.07 Å². The minimum absolute atomic E-state index is 0.219. The summed E-state index contributed by atoms with van der Waals surface area (Å²) in [6, 6.07) is 5.51. The molecule has 1 N–H and O–H groups in total. The van der Waals surface area contributed by atoms with E-state index in [2.05, 4.69) is 33.0 Å². The first-order valence-electron chi connectivity index (χ1n) is 7.02. The van der Waals surface area contributed by atoms with Crippen LogP contribution in [0, 0.1) is 11.2 Å². The fourth-order valence-corrected chi connectivity index (χ4v) is 2.50. The van der Waals surface area contributed by atoms with Crippen molar-refractivity contribution in [2.24, 2.45) is 5.41 Å². The maximum Gasteiger partial charge on any atom is 0.141 e. The number of aryl methyl sites for hydroxylation is 1. The molecular formula is C16H25ClFN. The molecule has 108 valence electrons. The largest absolute Gasteiger partial charge is 0.314 e. The molecule has 19 heavy (non-hydrogen) atoms. The standard InChI is InChI=1S/C16H25ClFN/c1-5-19-15(16(2,3)4)8-6-7-12-9-10-14(18)13(17)11-12/h9-11,15,19H,5-8H2,1-4H3. The smallest absolute Gasteiger partial charge is 0.141 e. The van der Waals surface area contributed by atoms with Gasteiger partial charge in [0.25, 0.3) is 0 Å². The van der Waals surface area contributed by atoms with Crippen LogP contribution in [0.4, 0.5) is 4.39 Å². The maximum atomic E-state index is 13.1. The average molecular weight is 286 g/mol. The Morgan fingerprint density at radius 1 is 1.32 bits per heavy atom. The molecule has 1 atom stereocenters. The Balaban J connectivity index is 2.49. The van der Waals surface area contributed by atoms with Gasteiger partial charge in [-0.3, -0.25) is 0 Å². The number of nitrogens with one attached hydrogen (secondary N) is 1. The molecule has 1 aromatic rings. The van der Waals surface area contributed by atoms with E-state index in [4.69, 9.17) is 11.6 Å². The Hall–Kier alpha value is -0.600. The summed E-state index contributed by atoms with van der Waals surface area (Å²) in [7, 11) is 0. The monoisotopic (exact) mass is 285 g/mol. The van der Waals surface area contributed by atoms with E-state index < -0.39 is 0 Å². The van der Waals surface area contributed by atoms with Crippen molar-refractivity contribution in [3.8, 4) is 0 Å². The van der Waals surface area contributed by atoms with Crippen LogP contribution in [0.15, 0.2) is 18.2 Å². The molecule has 0 spiro atoms. The zero-order chi connectivity index (χ0) is 14.5. The Labute approximate surface area is 121 Å². The zero-order valence-electron chi connectivity index (χ0n) is 12.4. The molecule has 1 nitrogen and oxygen atoms in total. The van der Waals surface area contributed by atoms with E-state index in [9.17, 15) is 4.39 Å². The molecule has 0 fully saturated rings. The molecule has 0 aliphatic rings. The minimum Gasteiger partial charge on any atom is -0.314 e. The summed E-state index contributed by atoms with van der Waals surface area (Å²) in [5.41, 5.74) is 1.37. The molecule has 0 aliphatic heterocycles. The van der Waals surface area contributed by atoms with Crippen LogP contribution >= 0.6 is 11.6 Å². The zero-order valence-corrected chi connectivity index (χ0v) is 13.1. The van der Waals surface area contributed by atoms with Crippen molar-refractivity contribution in [1.29, 1.82) is 0 Å². The van der Waals surface area contributed by atoms with Crippen molar-refractivity contribution in [3.05, 3.63) is 34.6 Å². The molecule has 1 rings (SSSR count). The second-order valence-electron chi connectivity index (χ2n) is 6.12. The first-order chi connectivity index (χ1) is 8.84. The average Bonchev–Trinajstić information content (AvgIpc) is 2.31. The van der Waals surface area contributed by atoms with Crippen molar-refractivity contribution >= 4 is 11.6 Å². The summed E-state index contributed by atoms with van der Waals surface area (Å²) in [5.74, 6) is -0.342. The second kappa shape index (κ2) is 7.25. The molecule has 0 radical (unpaired) electrons. The predicted molar refractivity (Wildman–Crippen MR) is 81.3 cm³/mol. The minimum atomic E-state index is -0.342. The lowest BCUT2D eigenvalue weighted by Gasteiger charge is -2.31. The van der Waals surface area contributed by atoms with Crippen molar-refractivity contribution in [1.82, 2.24) is 5.32 Å². The van der Waals surface area contributed by atoms with Gasteiger partial charge in [-0.15, -0.1) is 0 Å².